The van der Waals surface area contributed by atoms with Gasteiger partial charge in [0, 0.05) is 32.1 Å². The molecule has 1 aliphatic heterocycles. The number of aryl methyl sites for hydroxylation is 1. The molecular weight excluding hydrogens is 344 g/mol. The first-order valence-corrected chi connectivity index (χ1v) is 11.7. The van der Waals surface area contributed by atoms with Crippen LogP contribution in [-0.4, -0.2) is 40.6 Å². The van der Waals surface area contributed by atoms with Gasteiger partial charge < -0.3 is 15.2 Å². The van der Waals surface area contributed by atoms with Crippen molar-refractivity contribution >= 4 is 11.0 Å². The highest BCUT2D eigenvalue weighted by Gasteiger charge is 2.25. The van der Waals surface area contributed by atoms with Crippen LogP contribution in [-0.2, 0) is 6.42 Å². The molecule has 4 rings (SSSR count). The normalized spacial score (nSPS) is 21.0. The van der Waals surface area contributed by atoms with E-state index < -0.39 is 0 Å². The van der Waals surface area contributed by atoms with Gasteiger partial charge in [0.2, 0.25) is 0 Å². The summed E-state index contributed by atoms with van der Waals surface area (Å²) in [7, 11) is 0. The van der Waals surface area contributed by atoms with Crippen molar-refractivity contribution in [3.05, 3.63) is 30.1 Å². The molecule has 154 valence electrons. The lowest BCUT2D eigenvalue weighted by atomic mass is 9.90. The minimum atomic E-state index is 0.591. The zero-order chi connectivity index (χ0) is 19.2. The minimum absolute atomic E-state index is 0.591. The first-order valence-electron chi connectivity index (χ1n) is 11.7. The van der Waals surface area contributed by atoms with Crippen LogP contribution in [0.3, 0.4) is 0 Å². The summed E-state index contributed by atoms with van der Waals surface area (Å²) in [5.74, 6) is 2.18. The average Bonchev–Trinajstić information content (AvgIpc) is 3.07. The van der Waals surface area contributed by atoms with Gasteiger partial charge in [-0.15, -0.1) is 0 Å². The van der Waals surface area contributed by atoms with Crippen LogP contribution in [0.4, 0.5) is 0 Å². The number of piperidine rings is 1. The third-order valence-corrected chi connectivity index (χ3v) is 6.94. The number of likely N-dealkylation sites (tertiary alicyclic amines) is 1. The number of fused-ring (bicyclic) bond motifs is 1. The zero-order valence-corrected chi connectivity index (χ0v) is 17.5. The lowest BCUT2D eigenvalue weighted by Crippen LogP contribution is -2.38. The number of nitrogens with zero attached hydrogens (tertiary/aromatic N) is 3. The zero-order valence-electron chi connectivity index (χ0n) is 17.5. The Morgan fingerprint density at radius 3 is 2.39 bits per heavy atom. The van der Waals surface area contributed by atoms with Gasteiger partial charge in [-0.25, -0.2) is 4.98 Å². The Labute approximate surface area is 170 Å². The first kappa shape index (κ1) is 19.9. The van der Waals surface area contributed by atoms with E-state index in [1.54, 1.807) is 0 Å². The van der Waals surface area contributed by atoms with Crippen molar-refractivity contribution in [1.29, 1.82) is 0 Å². The molecule has 1 aliphatic carbocycles. The van der Waals surface area contributed by atoms with E-state index in [9.17, 15) is 0 Å². The van der Waals surface area contributed by atoms with Crippen molar-refractivity contribution in [2.24, 2.45) is 11.7 Å². The lowest BCUT2D eigenvalue weighted by Gasteiger charge is -2.36. The monoisotopic (exact) mass is 382 g/mol. The molecule has 1 aromatic heterocycles. The standard InChI is InChI=1S/C24H38N4/c25-16-8-13-24-26-22-11-6-7-12-23(22)28(24)21-14-17-27(18-15-21)19-20-9-4-2-1-3-5-10-20/h6-7,11-12,20-21H,1-5,8-10,13-19,25H2. The van der Waals surface area contributed by atoms with Crippen LogP contribution >= 0.6 is 0 Å². The van der Waals surface area contributed by atoms with Gasteiger partial charge in [0.15, 0.2) is 0 Å². The van der Waals surface area contributed by atoms with Crippen LogP contribution < -0.4 is 5.73 Å². The van der Waals surface area contributed by atoms with E-state index >= 15 is 0 Å². The van der Waals surface area contributed by atoms with Crippen molar-refractivity contribution in [3.63, 3.8) is 0 Å². The molecule has 2 fully saturated rings. The highest BCUT2D eigenvalue weighted by Crippen LogP contribution is 2.31. The molecule has 4 nitrogen and oxygen atoms in total. The minimum Gasteiger partial charge on any atom is -0.330 e. The van der Waals surface area contributed by atoms with Gasteiger partial charge in [-0.1, -0.05) is 44.2 Å². The van der Waals surface area contributed by atoms with Gasteiger partial charge in [0.05, 0.1) is 11.0 Å². The molecule has 0 spiro atoms. The van der Waals surface area contributed by atoms with Gasteiger partial charge in [-0.05, 0) is 56.7 Å². The third kappa shape index (κ3) is 4.77. The van der Waals surface area contributed by atoms with E-state index in [0.717, 1.165) is 30.8 Å². The molecule has 1 saturated carbocycles. The van der Waals surface area contributed by atoms with E-state index in [-0.39, 0.29) is 0 Å². The number of hydrogen-bond acceptors (Lipinski definition) is 3. The maximum Gasteiger partial charge on any atom is 0.110 e. The lowest BCUT2D eigenvalue weighted by molar-refractivity contribution is 0.152. The van der Waals surface area contributed by atoms with Crippen LogP contribution in [0.1, 0.15) is 76.1 Å². The Hall–Kier alpha value is -1.39. The van der Waals surface area contributed by atoms with Crippen LogP contribution in [0, 0.1) is 5.92 Å². The maximum absolute atomic E-state index is 5.78. The number of aromatic nitrogens is 2. The summed E-state index contributed by atoms with van der Waals surface area (Å²) >= 11 is 0. The SMILES string of the molecule is NCCCc1nc2ccccc2n1C1CCN(CC2CCCCCCC2)CC1. The van der Waals surface area contributed by atoms with Crippen molar-refractivity contribution < 1.29 is 0 Å². The molecule has 0 atom stereocenters. The number of nitrogens with two attached hydrogens (primary N) is 1. The summed E-state index contributed by atoms with van der Waals surface area (Å²) in [4.78, 5) is 7.70. The Balaban J connectivity index is 1.40. The summed E-state index contributed by atoms with van der Waals surface area (Å²) in [6, 6.07) is 9.24. The molecule has 2 N–H and O–H groups in total. The summed E-state index contributed by atoms with van der Waals surface area (Å²) in [6.07, 6.45) is 14.7. The average molecular weight is 383 g/mol. The molecule has 28 heavy (non-hydrogen) atoms. The topological polar surface area (TPSA) is 47.1 Å². The molecule has 1 saturated heterocycles. The second-order valence-corrected chi connectivity index (χ2v) is 9.02. The van der Waals surface area contributed by atoms with Crippen molar-refractivity contribution in [2.45, 2.75) is 76.7 Å². The summed E-state index contributed by atoms with van der Waals surface area (Å²) in [5.41, 5.74) is 8.24. The van der Waals surface area contributed by atoms with Crippen molar-refractivity contribution in [2.75, 3.05) is 26.2 Å². The molecule has 0 unspecified atom stereocenters. The molecule has 0 radical (unpaired) electrons. The highest BCUT2D eigenvalue weighted by atomic mass is 15.2. The Bertz CT molecular complexity index is 721. The fraction of sp³-hybridized carbons (Fsp3) is 0.708. The quantitative estimate of drug-likeness (QED) is 0.771. The van der Waals surface area contributed by atoms with Crippen LogP contribution in [0.15, 0.2) is 24.3 Å². The van der Waals surface area contributed by atoms with Gasteiger partial charge in [0.1, 0.15) is 5.82 Å². The Morgan fingerprint density at radius 2 is 1.64 bits per heavy atom. The fourth-order valence-corrected chi connectivity index (χ4v) is 5.39. The van der Waals surface area contributed by atoms with E-state index in [0.29, 0.717) is 6.04 Å². The van der Waals surface area contributed by atoms with Gasteiger partial charge in [0.25, 0.3) is 0 Å². The molecule has 4 heteroatoms. The van der Waals surface area contributed by atoms with Crippen LogP contribution in [0.25, 0.3) is 11.0 Å². The van der Waals surface area contributed by atoms with Crippen molar-refractivity contribution in [3.8, 4) is 0 Å². The molecule has 0 bridgehead atoms. The third-order valence-electron chi connectivity index (χ3n) is 6.94. The Kier molecular flexibility index (Phi) is 7.03. The van der Waals surface area contributed by atoms with E-state index in [2.05, 4.69) is 33.7 Å². The molecular formula is C24H38N4. The maximum atomic E-state index is 5.78. The largest absolute Gasteiger partial charge is 0.330 e. The summed E-state index contributed by atoms with van der Waals surface area (Å²) < 4.78 is 2.55. The van der Waals surface area contributed by atoms with Crippen LogP contribution in [0.2, 0.25) is 0 Å². The molecule has 2 aliphatic rings. The number of hydrogen-bond donors (Lipinski definition) is 1. The van der Waals surface area contributed by atoms with E-state index in [1.807, 2.05) is 0 Å². The first-order chi connectivity index (χ1) is 13.8. The van der Waals surface area contributed by atoms with Crippen LogP contribution in [0.5, 0.6) is 0 Å². The molecule has 2 heterocycles. The summed E-state index contributed by atoms with van der Waals surface area (Å²) in [5, 5.41) is 0. The van der Waals surface area contributed by atoms with Gasteiger partial charge in [-0.2, -0.15) is 0 Å². The number of imidazole rings is 1. The predicted octanol–water partition coefficient (Wildman–Crippen LogP) is 4.93. The predicted molar refractivity (Wildman–Crippen MR) is 118 cm³/mol. The Morgan fingerprint density at radius 1 is 0.929 bits per heavy atom. The van der Waals surface area contributed by atoms with Gasteiger partial charge >= 0.3 is 0 Å². The van der Waals surface area contributed by atoms with E-state index in [4.69, 9.17) is 10.7 Å². The number of rotatable bonds is 6. The number of para-hydroxylation sites is 2. The second kappa shape index (κ2) is 9.89. The fourth-order valence-electron chi connectivity index (χ4n) is 5.39. The molecule has 0 amide bonds. The molecule has 1 aromatic carbocycles. The molecule has 2 aromatic rings. The smallest absolute Gasteiger partial charge is 0.110 e. The summed E-state index contributed by atoms with van der Waals surface area (Å²) in [6.45, 7) is 4.55. The van der Waals surface area contributed by atoms with Crippen molar-refractivity contribution in [1.82, 2.24) is 14.5 Å². The number of benzene rings is 1. The van der Waals surface area contributed by atoms with Gasteiger partial charge in [-0.3, -0.25) is 0 Å². The highest BCUT2D eigenvalue weighted by molar-refractivity contribution is 5.76. The van der Waals surface area contributed by atoms with E-state index in [1.165, 1.54) is 88.8 Å². The second-order valence-electron chi connectivity index (χ2n) is 9.02.